The van der Waals surface area contributed by atoms with Crippen molar-refractivity contribution in [2.45, 2.75) is 30.7 Å². The van der Waals surface area contributed by atoms with Gasteiger partial charge in [-0.2, -0.15) is 0 Å². The van der Waals surface area contributed by atoms with E-state index in [2.05, 4.69) is 32.9 Å². The highest BCUT2D eigenvalue weighted by Crippen LogP contribution is 2.21. The van der Waals surface area contributed by atoms with E-state index in [0.717, 1.165) is 0 Å². The van der Waals surface area contributed by atoms with Crippen LogP contribution in [-0.2, 0) is 13.3 Å². The topological polar surface area (TPSA) is 27.7 Å². The highest BCUT2D eigenvalue weighted by atomic mass is 28.4. The molecule has 0 atom stereocenters. The minimum atomic E-state index is -2.34. The van der Waals surface area contributed by atoms with Crippen LogP contribution in [0.15, 0.2) is 50.6 Å². The van der Waals surface area contributed by atoms with Crippen LogP contribution in [0.3, 0.4) is 0 Å². The van der Waals surface area contributed by atoms with Crippen molar-refractivity contribution < 1.29 is 13.3 Å². The summed E-state index contributed by atoms with van der Waals surface area (Å²) in [5.41, 5.74) is 0. The minimum absolute atomic E-state index is 0.649. The fourth-order valence-electron chi connectivity index (χ4n) is 1.97. The standard InChI is InChI=1S/C10H18Si.C6H14O3Si/c1-5-8-11(4,9-6-2)10-7-3;1-5-6-10(7-2,8-3)9-4/h5-7H,1-3,8-10H2,4H3;5H,1,6H2,2-4H3. The van der Waals surface area contributed by atoms with Crippen molar-refractivity contribution in [2.75, 3.05) is 21.3 Å². The van der Waals surface area contributed by atoms with Crippen LogP contribution in [0.25, 0.3) is 0 Å². The Labute approximate surface area is 133 Å². The zero-order valence-corrected chi connectivity index (χ0v) is 16.2. The van der Waals surface area contributed by atoms with Crippen molar-refractivity contribution in [3.63, 3.8) is 0 Å². The van der Waals surface area contributed by atoms with Gasteiger partial charge in [0, 0.05) is 27.4 Å². The third-order valence-corrected chi connectivity index (χ3v) is 9.72. The van der Waals surface area contributed by atoms with Crippen LogP contribution in [0.5, 0.6) is 0 Å². The van der Waals surface area contributed by atoms with Crippen LogP contribution >= 0.6 is 0 Å². The van der Waals surface area contributed by atoms with Crippen LogP contribution in [0, 0.1) is 0 Å². The maximum absolute atomic E-state index is 5.10. The number of hydrogen-bond donors (Lipinski definition) is 0. The van der Waals surface area contributed by atoms with E-state index in [1.807, 2.05) is 18.2 Å². The van der Waals surface area contributed by atoms with Gasteiger partial charge in [0.25, 0.3) is 0 Å². The summed E-state index contributed by atoms with van der Waals surface area (Å²) in [6, 6.07) is 4.16. The van der Waals surface area contributed by atoms with Crippen LogP contribution in [0.4, 0.5) is 0 Å². The molecule has 0 aromatic carbocycles. The molecular weight excluding hydrogens is 296 g/mol. The van der Waals surface area contributed by atoms with Gasteiger partial charge in [-0.1, -0.05) is 30.9 Å². The lowest BCUT2D eigenvalue weighted by Gasteiger charge is -2.22. The SMILES string of the molecule is C=CC[Si](C)(CC=C)CC=C.C=CC[Si](OC)(OC)OC. The van der Waals surface area contributed by atoms with Crippen molar-refractivity contribution in [3.05, 3.63) is 50.6 Å². The Balaban J connectivity index is 0. The molecule has 0 amide bonds. The number of rotatable bonds is 11. The van der Waals surface area contributed by atoms with Crippen molar-refractivity contribution in [3.8, 4) is 0 Å². The van der Waals surface area contributed by atoms with E-state index in [4.69, 9.17) is 13.3 Å². The second-order valence-electron chi connectivity index (χ2n) is 5.08. The van der Waals surface area contributed by atoms with Crippen LogP contribution in [0.2, 0.25) is 30.7 Å². The van der Waals surface area contributed by atoms with Crippen LogP contribution in [-0.4, -0.2) is 38.2 Å². The molecule has 0 aliphatic carbocycles. The van der Waals surface area contributed by atoms with E-state index >= 15 is 0 Å². The van der Waals surface area contributed by atoms with E-state index in [9.17, 15) is 0 Å². The number of hydrogen-bond acceptors (Lipinski definition) is 3. The quantitative estimate of drug-likeness (QED) is 0.407. The molecule has 0 bridgehead atoms. The lowest BCUT2D eigenvalue weighted by molar-refractivity contribution is 0.127. The van der Waals surface area contributed by atoms with Gasteiger partial charge in [0.2, 0.25) is 0 Å². The van der Waals surface area contributed by atoms with Gasteiger partial charge in [0.1, 0.15) is 0 Å². The van der Waals surface area contributed by atoms with Gasteiger partial charge in [-0.3, -0.25) is 0 Å². The Hall–Kier alpha value is -0.726. The first kappa shape index (κ1) is 22.6. The number of allylic oxidation sites excluding steroid dienone is 4. The highest BCUT2D eigenvalue weighted by molar-refractivity contribution is 6.79. The summed E-state index contributed by atoms with van der Waals surface area (Å²) in [7, 11) is 1.32. The summed E-state index contributed by atoms with van der Waals surface area (Å²) in [5.74, 6) is 0. The monoisotopic (exact) mass is 328 g/mol. The molecule has 21 heavy (non-hydrogen) atoms. The first-order chi connectivity index (χ1) is 9.92. The molecule has 0 N–H and O–H groups in total. The molecule has 0 heterocycles. The molecule has 3 nitrogen and oxygen atoms in total. The largest absolute Gasteiger partial charge is 0.504 e. The summed E-state index contributed by atoms with van der Waals surface area (Å²) >= 11 is 0. The van der Waals surface area contributed by atoms with Crippen LogP contribution < -0.4 is 0 Å². The van der Waals surface area contributed by atoms with E-state index < -0.39 is 16.9 Å². The summed E-state index contributed by atoms with van der Waals surface area (Å²) in [6.45, 7) is 17.3. The van der Waals surface area contributed by atoms with Crippen molar-refractivity contribution in [1.82, 2.24) is 0 Å². The molecule has 5 heteroatoms. The fraction of sp³-hybridized carbons (Fsp3) is 0.500. The summed E-state index contributed by atoms with van der Waals surface area (Å²) in [4.78, 5) is 0. The average Bonchev–Trinajstić information content (AvgIpc) is 2.46. The van der Waals surface area contributed by atoms with Gasteiger partial charge in [-0.25, -0.2) is 0 Å². The molecule has 0 rings (SSSR count). The van der Waals surface area contributed by atoms with Gasteiger partial charge in [0.15, 0.2) is 0 Å². The summed E-state index contributed by atoms with van der Waals surface area (Å²) < 4.78 is 15.3. The summed E-state index contributed by atoms with van der Waals surface area (Å²) in [5, 5.41) is 0. The molecule has 0 aliphatic rings. The van der Waals surface area contributed by atoms with Crippen molar-refractivity contribution in [1.29, 1.82) is 0 Å². The van der Waals surface area contributed by atoms with E-state index in [-0.39, 0.29) is 0 Å². The normalized spacial score (nSPS) is 11.0. The molecule has 122 valence electrons. The smallest absolute Gasteiger partial charge is 0.377 e. The lowest BCUT2D eigenvalue weighted by atomic mass is 10.7. The molecule has 0 saturated carbocycles. The van der Waals surface area contributed by atoms with E-state index in [1.165, 1.54) is 18.1 Å². The molecule has 0 aliphatic heterocycles. The first-order valence-electron chi connectivity index (χ1n) is 7.02. The Bertz CT molecular complexity index is 278. The maximum atomic E-state index is 5.10. The zero-order chi connectivity index (χ0) is 16.8. The molecule has 0 aromatic heterocycles. The Morgan fingerprint density at radius 3 is 1.10 bits per heavy atom. The van der Waals surface area contributed by atoms with E-state index in [0.29, 0.717) is 6.04 Å². The third kappa shape index (κ3) is 9.76. The molecule has 0 aromatic rings. The molecule has 0 radical (unpaired) electrons. The van der Waals surface area contributed by atoms with Gasteiger partial charge < -0.3 is 13.3 Å². The zero-order valence-electron chi connectivity index (χ0n) is 14.2. The molecular formula is C16H32O3Si2. The molecule has 0 spiro atoms. The van der Waals surface area contributed by atoms with E-state index in [1.54, 1.807) is 27.4 Å². The highest BCUT2D eigenvalue weighted by Gasteiger charge is 2.35. The Kier molecular flexibility index (Phi) is 13.9. The van der Waals surface area contributed by atoms with Gasteiger partial charge in [-0.05, 0) is 18.1 Å². The predicted octanol–water partition coefficient (Wildman–Crippen LogP) is 4.67. The second kappa shape index (κ2) is 13.0. The Morgan fingerprint density at radius 1 is 0.667 bits per heavy atom. The molecule has 0 fully saturated rings. The van der Waals surface area contributed by atoms with Crippen molar-refractivity contribution in [2.24, 2.45) is 0 Å². The van der Waals surface area contributed by atoms with Gasteiger partial charge >= 0.3 is 8.80 Å². The lowest BCUT2D eigenvalue weighted by Crippen LogP contribution is -2.41. The predicted molar refractivity (Wildman–Crippen MR) is 98.4 cm³/mol. The first-order valence-corrected chi connectivity index (χ1v) is 12.1. The molecule has 0 saturated heterocycles. The average molecular weight is 329 g/mol. The fourth-order valence-corrected chi connectivity index (χ4v) is 5.92. The maximum Gasteiger partial charge on any atom is 0.504 e. The Morgan fingerprint density at radius 2 is 0.952 bits per heavy atom. The molecule has 0 unspecified atom stereocenters. The van der Waals surface area contributed by atoms with Crippen molar-refractivity contribution >= 4 is 16.9 Å². The van der Waals surface area contributed by atoms with Gasteiger partial charge in [0.05, 0.1) is 8.07 Å². The minimum Gasteiger partial charge on any atom is -0.377 e. The van der Waals surface area contributed by atoms with Gasteiger partial charge in [-0.15, -0.1) is 26.3 Å². The van der Waals surface area contributed by atoms with Crippen LogP contribution in [0.1, 0.15) is 0 Å². The third-order valence-electron chi connectivity index (χ3n) is 3.24. The second-order valence-corrected chi connectivity index (χ2v) is 12.9. The summed E-state index contributed by atoms with van der Waals surface area (Å²) in [6.07, 6.45) is 7.82.